The third kappa shape index (κ3) is 3.79. The second kappa shape index (κ2) is 5.89. The van der Waals surface area contributed by atoms with Gasteiger partial charge >= 0.3 is 11.9 Å². The Hall–Kier alpha value is -2.04. The van der Waals surface area contributed by atoms with E-state index >= 15 is 0 Å². The van der Waals surface area contributed by atoms with Gasteiger partial charge in [0.25, 0.3) is 0 Å². The van der Waals surface area contributed by atoms with E-state index < -0.39 is 17.9 Å². The zero-order chi connectivity index (χ0) is 12.8. The Bertz CT molecular complexity index is 396. The Morgan fingerprint density at radius 2 is 1.88 bits per heavy atom. The highest BCUT2D eigenvalue weighted by Crippen LogP contribution is 2.15. The Morgan fingerprint density at radius 3 is 2.35 bits per heavy atom. The number of hydrogen-bond donors (Lipinski definition) is 2. The average molecular weight is 238 g/mol. The number of ether oxygens (including phenoxy) is 1. The molecule has 0 saturated heterocycles. The summed E-state index contributed by atoms with van der Waals surface area (Å²) in [5, 5.41) is 18.0. The first-order chi connectivity index (χ1) is 8.04. The van der Waals surface area contributed by atoms with Crippen molar-refractivity contribution in [1.82, 2.24) is 0 Å². The second-order valence-electron chi connectivity index (χ2n) is 3.51. The smallest absolute Gasteiger partial charge is 0.320 e. The average Bonchev–Trinajstić information content (AvgIpc) is 2.28. The quantitative estimate of drug-likeness (QED) is 0.594. The molecule has 0 radical (unpaired) electrons. The largest absolute Gasteiger partial charge is 0.508 e. The molecular weight excluding hydrogens is 224 g/mol. The lowest BCUT2D eigenvalue weighted by atomic mass is 9.99. The number of phenolic OH excluding ortho intramolecular Hbond substituents is 1. The fraction of sp³-hybridized carbons (Fsp3) is 0.333. The van der Waals surface area contributed by atoms with Gasteiger partial charge in [0.15, 0.2) is 5.92 Å². The van der Waals surface area contributed by atoms with E-state index in [1.54, 1.807) is 19.1 Å². The number of carboxylic acid groups (broad SMARTS) is 1. The molecule has 0 amide bonds. The maximum atomic E-state index is 11.4. The first-order valence-electron chi connectivity index (χ1n) is 5.22. The summed E-state index contributed by atoms with van der Waals surface area (Å²) in [7, 11) is 0. The number of esters is 1. The van der Waals surface area contributed by atoms with Crippen LogP contribution in [0.5, 0.6) is 5.75 Å². The van der Waals surface area contributed by atoms with Crippen LogP contribution in [0.4, 0.5) is 0 Å². The highest BCUT2D eigenvalue weighted by atomic mass is 16.5. The number of carboxylic acids is 1. The summed E-state index contributed by atoms with van der Waals surface area (Å²) in [5.41, 5.74) is 0.656. The minimum Gasteiger partial charge on any atom is -0.508 e. The molecule has 0 aliphatic rings. The van der Waals surface area contributed by atoms with Crippen LogP contribution in [0.1, 0.15) is 12.5 Å². The highest BCUT2D eigenvalue weighted by molar-refractivity contribution is 5.94. The molecule has 0 saturated carbocycles. The molecule has 0 heterocycles. The van der Waals surface area contributed by atoms with Crippen LogP contribution in [0.25, 0.3) is 0 Å². The lowest BCUT2D eigenvalue weighted by Crippen LogP contribution is -2.27. The maximum Gasteiger partial charge on any atom is 0.320 e. The zero-order valence-corrected chi connectivity index (χ0v) is 9.42. The van der Waals surface area contributed by atoms with Crippen molar-refractivity contribution in [3.8, 4) is 5.75 Å². The summed E-state index contributed by atoms with van der Waals surface area (Å²) in [5.74, 6) is -3.07. The Kier molecular flexibility index (Phi) is 4.51. The van der Waals surface area contributed by atoms with E-state index in [9.17, 15) is 9.59 Å². The summed E-state index contributed by atoms with van der Waals surface area (Å²) in [6.45, 7) is 1.77. The third-order valence-corrected chi connectivity index (χ3v) is 2.25. The molecule has 2 N–H and O–H groups in total. The van der Waals surface area contributed by atoms with Crippen LogP contribution >= 0.6 is 0 Å². The minimum atomic E-state index is -1.21. The number of carbonyl (C=O) groups is 2. The van der Waals surface area contributed by atoms with E-state index in [0.717, 1.165) is 0 Å². The van der Waals surface area contributed by atoms with Gasteiger partial charge in [-0.3, -0.25) is 9.59 Å². The van der Waals surface area contributed by atoms with Crippen LogP contribution in [0.3, 0.4) is 0 Å². The molecule has 5 heteroatoms. The van der Waals surface area contributed by atoms with Crippen LogP contribution in [0.2, 0.25) is 0 Å². The third-order valence-electron chi connectivity index (χ3n) is 2.25. The normalized spacial score (nSPS) is 11.8. The standard InChI is InChI=1S/C12H14O5/c1-2-17-12(16)10(11(14)15)7-8-3-5-9(13)6-4-8/h3-6,10,13H,2,7H2,1H3,(H,14,15). The lowest BCUT2D eigenvalue weighted by molar-refractivity contribution is -0.158. The molecule has 1 unspecified atom stereocenters. The number of rotatable bonds is 5. The topological polar surface area (TPSA) is 83.8 Å². The number of hydrogen-bond acceptors (Lipinski definition) is 4. The molecule has 0 spiro atoms. The Labute approximate surface area is 98.6 Å². The van der Waals surface area contributed by atoms with Crippen LogP contribution in [0, 0.1) is 5.92 Å². The van der Waals surface area contributed by atoms with Gasteiger partial charge in [-0.05, 0) is 31.0 Å². The van der Waals surface area contributed by atoms with E-state index in [0.29, 0.717) is 5.56 Å². The Balaban J connectivity index is 2.76. The van der Waals surface area contributed by atoms with Crippen molar-refractivity contribution < 1.29 is 24.5 Å². The monoisotopic (exact) mass is 238 g/mol. The van der Waals surface area contributed by atoms with Crippen molar-refractivity contribution >= 4 is 11.9 Å². The molecule has 1 atom stereocenters. The van der Waals surface area contributed by atoms with Crippen molar-refractivity contribution in [1.29, 1.82) is 0 Å². The number of phenols is 1. The predicted molar refractivity (Wildman–Crippen MR) is 59.6 cm³/mol. The van der Waals surface area contributed by atoms with Crippen LogP contribution in [-0.2, 0) is 20.7 Å². The van der Waals surface area contributed by atoms with E-state index in [2.05, 4.69) is 0 Å². The number of aliphatic carboxylic acids is 1. The first-order valence-corrected chi connectivity index (χ1v) is 5.22. The van der Waals surface area contributed by atoms with Crippen LogP contribution in [0.15, 0.2) is 24.3 Å². The minimum absolute atomic E-state index is 0.0500. The Morgan fingerprint density at radius 1 is 1.29 bits per heavy atom. The van der Waals surface area contributed by atoms with Gasteiger partial charge in [0.05, 0.1) is 6.61 Å². The van der Waals surface area contributed by atoms with Crippen molar-refractivity contribution in [3.63, 3.8) is 0 Å². The second-order valence-corrected chi connectivity index (χ2v) is 3.51. The molecule has 0 aliphatic carbocycles. The van der Waals surface area contributed by atoms with E-state index in [-0.39, 0.29) is 18.8 Å². The summed E-state index contributed by atoms with van der Waals surface area (Å²) >= 11 is 0. The maximum absolute atomic E-state index is 11.4. The molecule has 17 heavy (non-hydrogen) atoms. The van der Waals surface area contributed by atoms with Gasteiger partial charge in [0.1, 0.15) is 5.75 Å². The van der Waals surface area contributed by atoms with Gasteiger partial charge in [-0.2, -0.15) is 0 Å². The van der Waals surface area contributed by atoms with Crippen molar-refractivity contribution in [2.75, 3.05) is 6.61 Å². The number of benzene rings is 1. The highest BCUT2D eigenvalue weighted by Gasteiger charge is 2.27. The zero-order valence-electron chi connectivity index (χ0n) is 9.42. The predicted octanol–water partition coefficient (Wildman–Crippen LogP) is 1.20. The number of aromatic hydroxyl groups is 1. The fourth-order valence-electron chi connectivity index (χ4n) is 1.38. The molecule has 0 fully saturated rings. The summed E-state index contributed by atoms with van der Waals surface area (Å²) in [4.78, 5) is 22.3. The SMILES string of the molecule is CCOC(=O)C(Cc1ccc(O)cc1)C(=O)O. The molecule has 1 aromatic rings. The molecule has 1 rings (SSSR count). The lowest BCUT2D eigenvalue weighted by Gasteiger charge is -2.11. The van der Waals surface area contributed by atoms with Gasteiger partial charge in [-0.15, -0.1) is 0 Å². The van der Waals surface area contributed by atoms with Crippen molar-refractivity contribution in [2.45, 2.75) is 13.3 Å². The van der Waals surface area contributed by atoms with Crippen LogP contribution in [-0.4, -0.2) is 28.8 Å². The molecule has 0 aromatic heterocycles. The summed E-state index contributed by atoms with van der Waals surface area (Å²) < 4.78 is 4.69. The van der Waals surface area contributed by atoms with Gasteiger partial charge < -0.3 is 14.9 Å². The van der Waals surface area contributed by atoms with E-state index in [1.807, 2.05) is 0 Å². The van der Waals surface area contributed by atoms with Gasteiger partial charge in [-0.25, -0.2) is 0 Å². The molecule has 92 valence electrons. The molecular formula is C12H14O5. The molecule has 5 nitrogen and oxygen atoms in total. The molecule has 1 aromatic carbocycles. The van der Waals surface area contributed by atoms with E-state index in [4.69, 9.17) is 14.9 Å². The summed E-state index contributed by atoms with van der Waals surface area (Å²) in [6, 6.07) is 6.04. The van der Waals surface area contributed by atoms with Gasteiger partial charge in [0.2, 0.25) is 0 Å². The number of carbonyl (C=O) groups excluding carboxylic acids is 1. The molecule has 0 bridgehead atoms. The van der Waals surface area contributed by atoms with Crippen LogP contribution < -0.4 is 0 Å². The van der Waals surface area contributed by atoms with Gasteiger partial charge in [-0.1, -0.05) is 12.1 Å². The summed E-state index contributed by atoms with van der Waals surface area (Å²) in [6.07, 6.45) is 0.0500. The first kappa shape index (κ1) is 13.0. The molecule has 0 aliphatic heterocycles. The van der Waals surface area contributed by atoms with Crippen molar-refractivity contribution in [3.05, 3.63) is 29.8 Å². The van der Waals surface area contributed by atoms with E-state index in [1.165, 1.54) is 12.1 Å². The van der Waals surface area contributed by atoms with Gasteiger partial charge in [0, 0.05) is 0 Å². The fourth-order valence-corrected chi connectivity index (χ4v) is 1.38. The van der Waals surface area contributed by atoms with Crippen molar-refractivity contribution in [2.24, 2.45) is 5.92 Å².